The topological polar surface area (TPSA) is 106 Å². The van der Waals surface area contributed by atoms with Crippen molar-refractivity contribution in [2.24, 2.45) is 0 Å². The van der Waals surface area contributed by atoms with Crippen LogP contribution >= 0.6 is 0 Å². The van der Waals surface area contributed by atoms with Crippen molar-refractivity contribution in [1.82, 2.24) is 0 Å². The van der Waals surface area contributed by atoms with Gasteiger partial charge in [0, 0.05) is 5.97 Å². The fourth-order valence-corrected chi connectivity index (χ4v) is 0. The Hall–Kier alpha value is -0.291. The molecule has 0 aliphatic heterocycles. The number of carbonyl (C=O) groups is 1. The van der Waals surface area contributed by atoms with E-state index in [1.807, 2.05) is 0 Å². The number of nitrogens with zero attached hydrogens (tertiary/aromatic N) is 1. The standard InChI is InChI=1S/C2H4O2.2Cu.NO3/c1-2(3)4;;;2-1(3)4/h1H3,(H,3,4);;;/q;+1;+2;-1/p-1. The Morgan fingerprint density at radius 3 is 1.40 bits per heavy atom. The Kier molecular flexibility index (Phi) is 35.9. The second kappa shape index (κ2) is 15.9. The summed E-state index contributed by atoms with van der Waals surface area (Å²) in [4.78, 5) is 17.1. The summed E-state index contributed by atoms with van der Waals surface area (Å²) in [6, 6.07) is 0. The predicted molar refractivity (Wildman–Crippen MR) is 21.0 cm³/mol. The van der Waals surface area contributed by atoms with Gasteiger partial charge < -0.3 is 25.2 Å². The van der Waals surface area contributed by atoms with Crippen molar-refractivity contribution >= 4 is 5.97 Å². The van der Waals surface area contributed by atoms with E-state index >= 15 is 0 Å². The van der Waals surface area contributed by atoms with E-state index in [-0.39, 0.29) is 34.1 Å². The summed E-state index contributed by atoms with van der Waals surface area (Å²) in [7, 11) is 0. The predicted octanol–water partition coefficient (Wildman–Crippen LogP) is -1.49. The molecule has 0 fully saturated rings. The van der Waals surface area contributed by atoms with Crippen LogP contribution in [0.15, 0.2) is 0 Å². The molecule has 1 radical (unpaired) electrons. The van der Waals surface area contributed by atoms with Crippen LogP contribution in [0, 0.1) is 15.3 Å². The Morgan fingerprint density at radius 2 is 1.40 bits per heavy atom. The van der Waals surface area contributed by atoms with Crippen molar-refractivity contribution in [2.45, 2.75) is 6.92 Å². The van der Waals surface area contributed by atoms with Crippen molar-refractivity contribution in [3.8, 4) is 0 Å². The minimum Gasteiger partial charge on any atom is -0.550 e. The van der Waals surface area contributed by atoms with Gasteiger partial charge >= 0.3 is 34.1 Å². The summed E-state index contributed by atoms with van der Waals surface area (Å²) in [5.74, 6) is -1.08. The first-order valence-corrected chi connectivity index (χ1v) is 1.46. The molecular formula is C2H3Cu2NO5+. The molecule has 0 N–H and O–H groups in total. The molecule has 0 atom stereocenters. The summed E-state index contributed by atoms with van der Waals surface area (Å²) in [5, 5.41) is 23.6. The van der Waals surface area contributed by atoms with Gasteiger partial charge in [-0.2, -0.15) is 0 Å². The number of aliphatic carboxylic acids is 1. The van der Waals surface area contributed by atoms with Crippen LogP contribution in [0.5, 0.6) is 0 Å². The van der Waals surface area contributed by atoms with Gasteiger partial charge in [-0.25, -0.2) is 0 Å². The van der Waals surface area contributed by atoms with E-state index in [9.17, 15) is 0 Å². The van der Waals surface area contributed by atoms with Crippen LogP contribution in [0.3, 0.4) is 0 Å². The number of hydrogen-bond acceptors (Lipinski definition) is 5. The van der Waals surface area contributed by atoms with Gasteiger partial charge in [-0.3, -0.25) is 0 Å². The molecule has 0 saturated heterocycles. The summed E-state index contributed by atoms with van der Waals surface area (Å²) >= 11 is 0. The van der Waals surface area contributed by atoms with Gasteiger partial charge in [-0.05, 0) is 6.92 Å². The molecule has 0 bridgehead atoms. The SMILES string of the molecule is CC(=O)[O-].O=[N+]([O-])[O-].[Cu+2].[Cu+]. The Morgan fingerprint density at radius 1 is 1.40 bits per heavy atom. The fourth-order valence-electron chi connectivity index (χ4n) is 0. The van der Waals surface area contributed by atoms with Gasteiger partial charge in [0.25, 0.3) is 0 Å². The van der Waals surface area contributed by atoms with E-state index in [0.29, 0.717) is 0 Å². The van der Waals surface area contributed by atoms with Crippen molar-refractivity contribution in [2.75, 3.05) is 0 Å². The molecular weight excluding hydrogens is 245 g/mol. The molecule has 0 aliphatic rings. The van der Waals surface area contributed by atoms with Crippen molar-refractivity contribution in [1.29, 1.82) is 0 Å². The Balaban J connectivity index is -0.0000000300. The van der Waals surface area contributed by atoms with Crippen LogP contribution in [0.4, 0.5) is 0 Å². The number of carboxylic acid groups (broad SMARTS) is 1. The molecule has 0 saturated carbocycles. The second-order valence-electron chi connectivity index (χ2n) is 0.715. The zero-order chi connectivity index (χ0) is 7.15. The van der Waals surface area contributed by atoms with E-state index in [4.69, 9.17) is 25.2 Å². The third kappa shape index (κ3) is 4100. The zero-order valence-electron chi connectivity index (χ0n) is 4.59. The first-order valence-electron chi connectivity index (χ1n) is 1.46. The zero-order valence-corrected chi connectivity index (χ0v) is 6.47. The Bertz CT molecular complexity index is 75.6. The van der Waals surface area contributed by atoms with E-state index < -0.39 is 11.1 Å². The van der Waals surface area contributed by atoms with Crippen molar-refractivity contribution in [3.63, 3.8) is 0 Å². The van der Waals surface area contributed by atoms with Gasteiger partial charge in [0.05, 0.1) is 5.09 Å². The average molecular weight is 248 g/mol. The average Bonchev–Trinajstić information content (AvgIpc) is 1.25. The molecule has 0 heterocycles. The number of hydrogen-bond donors (Lipinski definition) is 0. The molecule has 0 aromatic carbocycles. The van der Waals surface area contributed by atoms with Gasteiger partial charge in [0.1, 0.15) is 0 Å². The van der Waals surface area contributed by atoms with E-state index in [1.165, 1.54) is 0 Å². The second-order valence-corrected chi connectivity index (χ2v) is 0.715. The quantitative estimate of drug-likeness (QED) is 0.295. The molecule has 10 heavy (non-hydrogen) atoms. The van der Waals surface area contributed by atoms with Gasteiger partial charge in [0.2, 0.25) is 0 Å². The first kappa shape index (κ1) is 22.6. The van der Waals surface area contributed by atoms with Crippen LogP contribution in [-0.4, -0.2) is 11.1 Å². The van der Waals surface area contributed by atoms with Crippen LogP contribution in [0.25, 0.3) is 0 Å². The molecule has 0 spiro atoms. The van der Waals surface area contributed by atoms with Gasteiger partial charge in [-0.1, -0.05) is 0 Å². The molecule has 6 nitrogen and oxygen atoms in total. The third-order valence-corrected chi connectivity index (χ3v) is 0. The first-order chi connectivity index (χ1) is 3.46. The van der Waals surface area contributed by atoms with Crippen molar-refractivity contribution < 1.29 is 49.1 Å². The van der Waals surface area contributed by atoms with Crippen LogP contribution in [0.2, 0.25) is 0 Å². The van der Waals surface area contributed by atoms with Gasteiger partial charge in [-0.15, -0.1) is 0 Å². The molecule has 0 aliphatic carbocycles. The molecule has 0 rings (SSSR count). The number of rotatable bonds is 0. The Labute approximate surface area is 77.7 Å². The van der Waals surface area contributed by atoms with Crippen LogP contribution in [-0.2, 0) is 38.9 Å². The smallest absolute Gasteiger partial charge is 0.550 e. The maximum Gasteiger partial charge on any atom is 2.00 e. The van der Waals surface area contributed by atoms with E-state index in [2.05, 4.69) is 0 Å². The summed E-state index contributed by atoms with van der Waals surface area (Å²) in [6.45, 7) is 0.972. The van der Waals surface area contributed by atoms with Crippen LogP contribution < -0.4 is 5.11 Å². The van der Waals surface area contributed by atoms with Crippen LogP contribution in [0.1, 0.15) is 6.92 Å². The summed E-state index contributed by atoms with van der Waals surface area (Å²) in [6.07, 6.45) is 0. The molecule has 0 unspecified atom stereocenters. The van der Waals surface area contributed by atoms with Gasteiger partial charge in [0.15, 0.2) is 0 Å². The molecule has 0 aromatic rings. The van der Waals surface area contributed by atoms with E-state index in [0.717, 1.165) is 6.92 Å². The molecule has 0 amide bonds. The third-order valence-electron chi connectivity index (χ3n) is 0. The monoisotopic (exact) mass is 247 g/mol. The molecule has 8 heteroatoms. The molecule has 67 valence electrons. The maximum atomic E-state index is 8.89. The fraction of sp³-hybridized carbons (Fsp3) is 0.500. The normalized spacial score (nSPS) is 4.90. The minimum atomic E-state index is -1.75. The molecule has 0 aromatic heterocycles. The number of carboxylic acids is 1. The maximum absolute atomic E-state index is 8.89. The minimum absolute atomic E-state index is 0. The largest absolute Gasteiger partial charge is 2.00 e. The van der Waals surface area contributed by atoms with Crippen molar-refractivity contribution in [3.05, 3.63) is 15.3 Å². The number of carbonyl (C=O) groups excluding carboxylic acids is 1. The summed E-state index contributed by atoms with van der Waals surface area (Å²) < 4.78 is 0. The van der Waals surface area contributed by atoms with E-state index in [1.54, 1.807) is 0 Å². The summed E-state index contributed by atoms with van der Waals surface area (Å²) in [5.41, 5.74) is 0.